The van der Waals surface area contributed by atoms with Crippen LogP contribution in [-0.2, 0) is 18.3 Å². The molecule has 6 nitrogen and oxygen atoms in total. The van der Waals surface area contributed by atoms with Crippen molar-refractivity contribution in [2.24, 2.45) is 42.1 Å². The molecule has 1 unspecified atom stereocenters. The van der Waals surface area contributed by atoms with E-state index in [0.717, 1.165) is 55.8 Å². The van der Waals surface area contributed by atoms with Crippen molar-refractivity contribution >= 4 is 0 Å². The zero-order valence-electron chi connectivity index (χ0n) is 23.5. The highest BCUT2D eigenvalue weighted by molar-refractivity contribution is 5.38. The molecule has 1 aromatic rings. The Morgan fingerprint density at radius 3 is 2.81 bits per heavy atom. The van der Waals surface area contributed by atoms with Crippen molar-refractivity contribution in [3.8, 4) is 0 Å². The number of rotatable bonds is 2. The predicted octanol–water partition coefficient (Wildman–Crippen LogP) is 5.04. The van der Waals surface area contributed by atoms with Gasteiger partial charge in [-0.25, -0.2) is 0 Å². The van der Waals surface area contributed by atoms with Gasteiger partial charge < -0.3 is 9.84 Å². The number of hydrogen-bond acceptors (Lipinski definition) is 5. The number of hydrogen-bond donors (Lipinski definition) is 1. The highest BCUT2D eigenvalue weighted by atomic mass is 16.5. The zero-order valence-corrected chi connectivity index (χ0v) is 23.5. The van der Waals surface area contributed by atoms with Gasteiger partial charge in [-0.2, -0.15) is 0 Å². The monoisotopic (exact) mass is 506 g/mol. The van der Waals surface area contributed by atoms with Crippen molar-refractivity contribution in [2.75, 3.05) is 6.54 Å². The second-order valence-electron chi connectivity index (χ2n) is 14.0. The number of ether oxygens (including phenoxy) is 1. The average molecular weight is 507 g/mol. The fourth-order valence-electron chi connectivity index (χ4n) is 10.3. The highest BCUT2D eigenvalue weighted by Crippen LogP contribution is 2.65. The summed E-state index contributed by atoms with van der Waals surface area (Å²) in [5, 5.41) is 19.0. The third-order valence-corrected chi connectivity index (χ3v) is 12.1. The van der Waals surface area contributed by atoms with Gasteiger partial charge in [0.15, 0.2) is 0 Å². The summed E-state index contributed by atoms with van der Waals surface area (Å²) in [6.07, 6.45) is 13.9. The van der Waals surface area contributed by atoms with Gasteiger partial charge in [0.25, 0.3) is 0 Å². The van der Waals surface area contributed by atoms with Crippen LogP contribution >= 0.6 is 0 Å². The van der Waals surface area contributed by atoms with Crippen LogP contribution in [0, 0.1) is 35.0 Å². The number of aromatic nitrogens is 3. The van der Waals surface area contributed by atoms with Crippen molar-refractivity contribution in [1.29, 1.82) is 0 Å². The van der Waals surface area contributed by atoms with E-state index >= 15 is 0 Å². The van der Waals surface area contributed by atoms with Crippen molar-refractivity contribution in [2.45, 2.75) is 109 Å². The molecule has 1 N–H and O–H groups in total. The van der Waals surface area contributed by atoms with E-state index in [1.54, 1.807) is 16.7 Å². The molecule has 6 aliphatic rings. The minimum absolute atomic E-state index is 0.112. The van der Waals surface area contributed by atoms with Crippen molar-refractivity contribution < 1.29 is 9.84 Å². The number of aryl methyl sites for hydroxylation is 1. The molecule has 10 atom stereocenters. The van der Waals surface area contributed by atoms with Gasteiger partial charge in [-0.1, -0.05) is 43.2 Å². The fourth-order valence-corrected chi connectivity index (χ4v) is 10.3. The minimum Gasteiger partial charge on any atom is -0.393 e. The molecule has 3 heterocycles. The Morgan fingerprint density at radius 1 is 1.19 bits per heavy atom. The van der Waals surface area contributed by atoms with Gasteiger partial charge in [-0.3, -0.25) is 9.58 Å². The first kappa shape index (κ1) is 24.5. The van der Waals surface area contributed by atoms with E-state index in [2.05, 4.69) is 55.2 Å². The van der Waals surface area contributed by atoms with E-state index in [-0.39, 0.29) is 17.1 Å². The van der Waals surface area contributed by atoms with Crippen LogP contribution in [0.15, 0.2) is 29.0 Å². The van der Waals surface area contributed by atoms with Crippen LogP contribution in [0.4, 0.5) is 0 Å². The summed E-state index contributed by atoms with van der Waals surface area (Å²) in [5.41, 5.74) is 6.13. The topological polar surface area (TPSA) is 63.4 Å². The first-order valence-electron chi connectivity index (χ1n) is 15.0. The van der Waals surface area contributed by atoms with Gasteiger partial charge >= 0.3 is 0 Å². The van der Waals surface area contributed by atoms with Gasteiger partial charge in [-0.05, 0) is 93.0 Å². The Balaban J connectivity index is 1.20. The first-order valence-corrected chi connectivity index (χ1v) is 15.0. The van der Waals surface area contributed by atoms with Crippen LogP contribution in [0.1, 0.15) is 84.8 Å². The molecule has 6 heteroatoms. The normalized spacial score (nSPS) is 47.5. The van der Waals surface area contributed by atoms with Gasteiger partial charge in [0.05, 0.1) is 23.5 Å². The molecule has 0 radical (unpaired) electrons. The Morgan fingerprint density at radius 2 is 2.03 bits per heavy atom. The summed E-state index contributed by atoms with van der Waals surface area (Å²) in [6, 6.07) is 0.444. The second kappa shape index (κ2) is 8.50. The van der Waals surface area contributed by atoms with Crippen LogP contribution in [0.2, 0.25) is 0 Å². The maximum absolute atomic E-state index is 10.4. The smallest absolute Gasteiger partial charge is 0.0967 e. The quantitative estimate of drug-likeness (QED) is 0.569. The van der Waals surface area contributed by atoms with Gasteiger partial charge in [0.2, 0.25) is 0 Å². The average Bonchev–Trinajstić information content (AvgIpc) is 3.52. The van der Waals surface area contributed by atoms with Crippen molar-refractivity contribution in [3.05, 3.63) is 34.7 Å². The first-order chi connectivity index (χ1) is 17.7. The number of aliphatic hydroxyl groups is 1. The Kier molecular flexibility index (Phi) is 5.63. The SMILES string of the molecule is CC1=C2CC3[C@@H](CC=C4C[C@@H](O)CC[C@@]43C)[C@@H]2CC[C@]12O[C@@H]1C[C@H](C)CN(Cc3cn(C)nn3)[C@H]1[C@H]2C. The van der Waals surface area contributed by atoms with E-state index in [0.29, 0.717) is 24.0 Å². The minimum atomic E-state index is -0.132. The van der Waals surface area contributed by atoms with Gasteiger partial charge in [0.1, 0.15) is 0 Å². The molecule has 7 rings (SSSR count). The molecule has 4 aliphatic carbocycles. The van der Waals surface area contributed by atoms with Crippen LogP contribution in [0.5, 0.6) is 0 Å². The summed E-state index contributed by atoms with van der Waals surface area (Å²) < 4.78 is 9.10. The summed E-state index contributed by atoms with van der Waals surface area (Å²) in [6.45, 7) is 11.8. The lowest BCUT2D eigenvalue weighted by atomic mass is 9.56. The van der Waals surface area contributed by atoms with Crippen LogP contribution in [0.3, 0.4) is 0 Å². The molecule has 0 bridgehead atoms. The van der Waals surface area contributed by atoms with Crippen LogP contribution in [-0.4, -0.2) is 55.4 Å². The van der Waals surface area contributed by atoms with E-state index in [1.807, 2.05) is 11.7 Å². The largest absolute Gasteiger partial charge is 0.393 e. The molecular formula is C31H46N4O2. The molecule has 1 aromatic heterocycles. The molecule has 2 aliphatic heterocycles. The van der Waals surface area contributed by atoms with Crippen molar-refractivity contribution in [1.82, 2.24) is 19.9 Å². The molecule has 0 aromatic carbocycles. The van der Waals surface area contributed by atoms with Crippen LogP contribution < -0.4 is 0 Å². The molecule has 37 heavy (non-hydrogen) atoms. The molecule has 202 valence electrons. The number of allylic oxidation sites excluding steroid dienone is 2. The molecular weight excluding hydrogens is 460 g/mol. The lowest BCUT2D eigenvalue weighted by Crippen LogP contribution is -2.51. The van der Waals surface area contributed by atoms with Gasteiger partial charge in [-0.15, -0.1) is 5.10 Å². The van der Waals surface area contributed by atoms with E-state index in [4.69, 9.17) is 4.74 Å². The number of nitrogens with zero attached hydrogens (tertiary/aromatic N) is 4. The maximum Gasteiger partial charge on any atom is 0.0967 e. The Hall–Kier alpha value is -1.50. The maximum atomic E-state index is 10.4. The third-order valence-electron chi connectivity index (χ3n) is 12.1. The summed E-state index contributed by atoms with van der Waals surface area (Å²) in [7, 11) is 1.95. The number of fused-ring (bicyclic) bond motifs is 6. The Labute approximate surface area is 222 Å². The molecule has 2 saturated heterocycles. The van der Waals surface area contributed by atoms with E-state index in [1.165, 1.54) is 32.1 Å². The van der Waals surface area contributed by atoms with Crippen molar-refractivity contribution in [3.63, 3.8) is 0 Å². The second-order valence-corrected chi connectivity index (χ2v) is 14.0. The summed E-state index contributed by atoms with van der Waals surface area (Å²) in [5.74, 6) is 3.35. The zero-order chi connectivity index (χ0) is 25.7. The number of aliphatic hydroxyl groups excluding tert-OH is 1. The van der Waals surface area contributed by atoms with E-state index in [9.17, 15) is 5.11 Å². The standard InChI is InChI=1S/C31H46N4O2/c1-18-12-28-29(35(15-18)17-22-16-34(5)33-32-22)20(3)31(37-28)11-9-24-25-7-6-21-13-23(36)8-10-30(21,4)27(25)14-26(24)19(31)2/h6,16,18,20,23-25,27-29,36H,7-15,17H2,1-5H3/t18-,20+,23-,24-,25-,27?,28+,29-,30-,31-/m0/s1. The third kappa shape index (κ3) is 3.54. The lowest BCUT2D eigenvalue weighted by molar-refractivity contribution is -0.0657. The number of piperidine rings is 1. The number of likely N-dealkylation sites (tertiary alicyclic amines) is 1. The molecule has 1 spiro atoms. The van der Waals surface area contributed by atoms with Crippen LogP contribution in [0.25, 0.3) is 0 Å². The molecule has 2 saturated carbocycles. The summed E-state index contributed by atoms with van der Waals surface area (Å²) >= 11 is 0. The van der Waals surface area contributed by atoms with Gasteiger partial charge in [0, 0.05) is 38.3 Å². The molecule has 0 amide bonds. The Bertz CT molecular complexity index is 1140. The molecule has 4 fully saturated rings. The van der Waals surface area contributed by atoms with E-state index < -0.39 is 0 Å². The predicted molar refractivity (Wildman–Crippen MR) is 143 cm³/mol. The summed E-state index contributed by atoms with van der Waals surface area (Å²) in [4.78, 5) is 2.67. The highest BCUT2D eigenvalue weighted by Gasteiger charge is 2.61. The lowest BCUT2D eigenvalue weighted by Gasteiger charge is -2.49. The fraction of sp³-hybridized carbons (Fsp3) is 0.806.